The number of hydrogen-bond acceptors (Lipinski definition) is 10. The van der Waals surface area contributed by atoms with E-state index >= 15 is 0 Å². The monoisotopic (exact) mass is 450 g/mol. The van der Waals surface area contributed by atoms with Crippen molar-refractivity contribution in [1.29, 1.82) is 0 Å². The molecule has 0 radical (unpaired) electrons. The van der Waals surface area contributed by atoms with Gasteiger partial charge in [0.15, 0.2) is 23.0 Å². The SMILES string of the molecule is O=C(OCCSSCCOC(=O)c1ccc2c(c1)OCO2)c1ccc2c(c1)OCO2. The number of ether oxygens (including phenoxy) is 6. The number of benzene rings is 2. The van der Waals surface area contributed by atoms with E-state index < -0.39 is 11.9 Å². The lowest BCUT2D eigenvalue weighted by molar-refractivity contribution is 0.0520. The Morgan fingerprint density at radius 3 is 1.60 bits per heavy atom. The average Bonchev–Trinajstić information content (AvgIpc) is 3.43. The highest BCUT2D eigenvalue weighted by Gasteiger charge is 2.18. The molecule has 4 rings (SSSR count). The maximum atomic E-state index is 12.1. The van der Waals surface area contributed by atoms with Crippen molar-refractivity contribution in [3.8, 4) is 23.0 Å². The van der Waals surface area contributed by atoms with E-state index in [0.717, 1.165) is 0 Å². The summed E-state index contributed by atoms with van der Waals surface area (Å²) >= 11 is 0. The third-order valence-electron chi connectivity index (χ3n) is 4.10. The lowest BCUT2D eigenvalue weighted by Gasteiger charge is -2.06. The summed E-state index contributed by atoms with van der Waals surface area (Å²) in [5.74, 6) is 2.77. The van der Waals surface area contributed by atoms with Crippen LogP contribution < -0.4 is 18.9 Å². The third kappa shape index (κ3) is 5.06. The molecule has 0 spiro atoms. The van der Waals surface area contributed by atoms with Crippen molar-refractivity contribution in [2.45, 2.75) is 0 Å². The van der Waals surface area contributed by atoms with Crippen LogP contribution in [0.15, 0.2) is 36.4 Å². The molecule has 30 heavy (non-hydrogen) atoms. The summed E-state index contributed by atoms with van der Waals surface area (Å²) in [6.45, 7) is 0.880. The standard InChI is InChI=1S/C20H18O8S2/c21-19(13-1-3-15-17(9-13)27-11-25-15)23-5-7-29-30-8-6-24-20(22)14-2-4-16-18(10-14)28-12-26-16/h1-4,9-10H,5-8,11-12H2. The first-order chi connectivity index (χ1) is 14.7. The molecule has 0 aliphatic carbocycles. The molecule has 2 heterocycles. The van der Waals surface area contributed by atoms with E-state index in [1.165, 1.54) is 0 Å². The molecule has 0 atom stereocenters. The Hall–Kier alpha value is -2.72. The summed E-state index contributed by atoms with van der Waals surface area (Å²) in [7, 11) is 3.08. The topological polar surface area (TPSA) is 89.5 Å². The van der Waals surface area contributed by atoms with Crippen LogP contribution in [-0.2, 0) is 9.47 Å². The first-order valence-corrected chi connectivity index (χ1v) is 11.6. The molecule has 0 saturated heterocycles. The molecular weight excluding hydrogens is 432 g/mol. The van der Waals surface area contributed by atoms with E-state index in [0.29, 0.717) is 45.6 Å². The van der Waals surface area contributed by atoms with E-state index in [-0.39, 0.29) is 26.8 Å². The predicted octanol–water partition coefficient (Wildman–Crippen LogP) is 3.54. The van der Waals surface area contributed by atoms with Gasteiger partial charge in [0.05, 0.1) is 11.1 Å². The van der Waals surface area contributed by atoms with Gasteiger partial charge in [-0.15, -0.1) is 0 Å². The molecule has 0 aromatic heterocycles. The van der Waals surface area contributed by atoms with Gasteiger partial charge >= 0.3 is 11.9 Å². The minimum atomic E-state index is -0.406. The second-order valence-corrected chi connectivity index (χ2v) is 8.75. The number of fused-ring (bicyclic) bond motifs is 2. The van der Waals surface area contributed by atoms with Gasteiger partial charge in [-0.2, -0.15) is 0 Å². The van der Waals surface area contributed by atoms with E-state index in [2.05, 4.69) is 0 Å². The predicted molar refractivity (Wildman–Crippen MR) is 111 cm³/mol. The van der Waals surface area contributed by atoms with Gasteiger partial charge in [-0.05, 0) is 36.4 Å². The van der Waals surface area contributed by atoms with E-state index in [1.54, 1.807) is 58.0 Å². The van der Waals surface area contributed by atoms with Gasteiger partial charge in [0.25, 0.3) is 0 Å². The molecule has 10 heteroatoms. The molecule has 2 aliphatic rings. The fraction of sp³-hybridized carbons (Fsp3) is 0.300. The van der Waals surface area contributed by atoms with Crippen LogP contribution in [0.3, 0.4) is 0 Å². The van der Waals surface area contributed by atoms with Crippen molar-refractivity contribution in [2.24, 2.45) is 0 Å². The van der Waals surface area contributed by atoms with Crippen LogP contribution in [0.1, 0.15) is 20.7 Å². The minimum absolute atomic E-state index is 0.160. The summed E-state index contributed by atoms with van der Waals surface area (Å²) in [6.07, 6.45) is 0. The summed E-state index contributed by atoms with van der Waals surface area (Å²) in [5.41, 5.74) is 0.847. The average molecular weight is 450 g/mol. The van der Waals surface area contributed by atoms with Crippen LogP contribution >= 0.6 is 21.6 Å². The van der Waals surface area contributed by atoms with E-state index in [4.69, 9.17) is 28.4 Å². The first kappa shape index (κ1) is 20.5. The van der Waals surface area contributed by atoms with Crippen molar-refractivity contribution in [1.82, 2.24) is 0 Å². The quantitative estimate of drug-likeness (QED) is 0.321. The summed E-state index contributed by atoms with van der Waals surface area (Å²) in [4.78, 5) is 24.1. The van der Waals surface area contributed by atoms with Gasteiger partial charge in [0, 0.05) is 11.5 Å². The molecule has 0 bridgehead atoms. The third-order valence-corrected chi connectivity index (χ3v) is 6.43. The van der Waals surface area contributed by atoms with Gasteiger partial charge < -0.3 is 28.4 Å². The molecule has 0 fully saturated rings. The highest BCUT2D eigenvalue weighted by atomic mass is 33.1. The van der Waals surface area contributed by atoms with Gasteiger partial charge in [0.2, 0.25) is 13.6 Å². The molecule has 8 nitrogen and oxygen atoms in total. The number of carbonyl (C=O) groups excluding carboxylic acids is 2. The largest absolute Gasteiger partial charge is 0.461 e. The fourth-order valence-corrected chi connectivity index (χ4v) is 4.32. The van der Waals surface area contributed by atoms with Crippen LogP contribution in [0, 0.1) is 0 Å². The molecule has 2 aromatic carbocycles. The summed E-state index contributed by atoms with van der Waals surface area (Å²) in [5, 5.41) is 0. The molecule has 2 aromatic rings. The second kappa shape index (κ2) is 9.86. The Morgan fingerprint density at radius 2 is 1.13 bits per heavy atom. The normalized spacial score (nSPS) is 13.2. The van der Waals surface area contributed by atoms with Crippen molar-refractivity contribution < 1.29 is 38.0 Å². The van der Waals surface area contributed by atoms with Gasteiger partial charge in [0.1, 0.15) is 13.2 Å². The number of esters is 2. The second-order valence-electron chi connectivity index (χ2n) is 6.05. The van der Waals surface area contributed by atoms with E-state index in [9.17, 15) is 9.59 Å². The van der Waals surface area contributed by atoms with Crippen LogP contribution in [0.4, 0.5) is 0 Å². The molecule has 0 unspecified atom stereocenters. The van der Waals surface area contributed by atoms with Crippen molar-refractivity contribution in [2.75, 3.05) is 38.3 Å². The molecule has 0 N–H and O–H groups in total. The minimum Gasteiger partial charge on any atom is -0.461 e. The van der Waals surface area contributed by atoms with Crippen molar-refractivity contribution in [3.63, 3.8) is 0 Å². The first-order valence-electron chi connectivity index (χ1n) is 9.09. The zero-order valence-electron chi connectivity index (χ0n) is 15.8. The van der Waals surface area contributed by atoms with Gasteiger partial charge in [-0.1, -0.05) is 21.6 Å². The fourth-order valence-electron chi connectivity index (χ4n) is 2.67. The molecular formula is C20H18O8S2. The van der Waals surface area contributed by atoms with Crippen LogP contribution in [0.2, 0.25) is 0 Å². The van der Waals surface area contributed by atoms with E-state index in [1.807, 2.05) is 0 Å². The van der Waals surface area contributed by atoms with Gasteiger partial charge in [-0.25, -0.2) is 9.59 Å². The Balaban J connectivity index is 1.07. The number of hydrogen-bond donors (Lipinski definition) is 0. The Morgan fingerprint density at radius 1 is 0.700 bits per heavy atom. The number of rotatable bonds is 9. The van der Waals surface area contributed by atoms with Crippen molar-refractivity contribution >= 4 is 33.5 Å². The van der Waals surface area contributed by atoms with Crippen LogP contribution in [-0.4, -0.2) is 50.2 Å². The molecule has 2 aliphatic heterocycles. The molecule has 158 valence electrons. The molecule has 0 saturated carbocycles. The Labute approximate surface area is 180 Å². The maximum absolute atomic E-state index is 12.1. The lowest BCUT2D eigenvalue weighted by atomic mass is 10.2. The van der Waals surface area contributed by atoms with Gasteiger partial charge in [-0.3, -0.25) is 0 Å². The number of carbonyl (C=O) groups is 2. The smallest absolute Gasteiger partial charge is 0.338 e. The highest BCUT2D eigenvalue weighted by Crippen LogP contribution is 2.33. The Kier molecular flexibility index (Phi) is 6.75. The van der Waals surface area contributed by atoms with Crippen molar-refractivity contribution in [3.05, 3.63) is 47.5 Å². The zero-order chi connectivity index (χ0) is 20.8. The van der Waals surface area contributed by atoms with Crippen LogP contribution in [0.5, 0.6) is 23.0 Å². The van der Waals surface area contributed by atoms with Crippen LogP contribution in [0.25, 0.3) is 0 Å². The maximum Gasteiger partial charge on any atom is 0.338 e. The highest BCUT2D eigenvalue weighted by molar-refractivity contribution is 8.76. The summed E-state index contributed by atoms with van der Waals surface area (Å²) in [6, 6.07) is 9.89. The molecule has 0 amide bonds. The zero-order valence-corrected chi connectivity index (χ0v) is 17.4. The summed E-state index contributed by atoms with van der Waals surface area (Å²) < 4.78 is 31.4. The Bertz CT molecular complexity index is 858. The lowest BCUT2D eigenvalue weighted by Crippen LogP contribution is -2.08.